The number of nitrogens with one attached hydrogen (secondary N) is 2. The Hall–Kier alpha value is -4.59. The summed E-state index contributed by atoms with van der Waals surface area (Å²) in [6.45, 7) is 2.49. The predicted octanol–water partition coefficient (Wildman–Crippen LogP) is 2.62. The summed E-state index contributed by atoms with van der Waals surface area (Å²) < 4.78 is 46.3. The van der Waals surface area contributed by atoms with Gasteiger partial charge in [-0.25, -0.2) is 13.2 Å². The van der Waals surface area contributed by atoms with E-state index in [1.54, 1.807) is 36.1 Å². The van der Waals surface area contributed by atoms with E-state index in [1.807, 2.05) is 0 Å². The van der Waals surface area contributed by atoms with Crippen molar-refractivity contribution in [1.29, 1.82) is 0 Å². The van der Waals surface area contributed by atoms with Gasteiger partial charge in [0.25, 0.3) is 10.0 Å². The number of hydrogen-bond acceptors (Lipinski definition) is 9. The van der Waals surface area contributed by atoms with E-state index in [0.717, 1.165) is 29.3 Å². The molecule has 0 saturated carbocycles. The zero-order valence-electron chi connectivity index (χ0n) is 20.7. The molecular weight excluding hydrogens is 518 g/mol. The highest BCUT2D eigenvalue weighted by atomic mass is 32.2. The Balaban J connectivity index is 1.60. The van der Waals surface area contributed by atoms with Gasteiger partial charge in [0.05, 0.1) is 32.5 Å². The third kappa shape index (κ3) is 5.54. The van der Waals surface area contributed by atoms with Crippen molar-refractivity contribution in [2.75, 3.05) is 18.9 Å². The quantitative estimate of drug-likeness (QED) is 0.255. The lowest BCUT2D eigenvalue weighted by atomic mass is 10.1. The SMILES string of the molecule is CCC(=O)NCc1cnn(Cc2cc(OC)c3c(NS(=O)(=O)c4ccc(C(=O)O)cc4OC)noc3c2)c1. The zero-order chi connectivity index (χ0) is 27.4. The molecule has 0 aliphatic carbocycles. The summed E-state index contributed by atoms with van der Waals surface area (Å²) in [6.07, 6.45) is 3.85. The minimum absolute atomic E-state index is 0.0552. The van der Waals surface area contributed by atoms with Crippen LogP contribution in [-0.2, 0) is 27.9 Å². The lowest BCUT2D eigenvalue weighted by Crippen LogP contribution is -2.21. The number of rotatable bonds is 11. The Labute approximate surface area is 217 Å². The van der Waals surface area contributed by atoms with Crippen LogP contribution < -0.4 is 19.5 Å². The number of benzene rings is 2. The van der Waals surface area contributed by atoms with Gasteiger partial charge in [-0.2, -0.15) is 5.10 Å². The Morgan fingerprint density at radius 3 is 2.55 bits per heavy atom. The van der Waals surface area contributed by atoms with E-state index in [0.29, 0.717) is 30.6 Å². The van der Waals surface area contributed by atoms with Crippen molar-refractivity contribution in [1.82, 2.24) is 20.3 Å². The molecular formula is C24H25N5O8S. The second kappa shape index (κ2) is 10.8. The number of nitrogens with zero attached hydrogens (tertiary/aromatic N) is 3. The maximum atomic E-state index is 13.1. The number of hydrogen-bond donors (Lipinski definition) is 3. The molecule has 0 unspecified atom stereocenters. The first kappa shape index (κ1) is 26.5. The van der Waals surface area contributed by atoms with Crippen LogP contribution in [0, 0.1) is 0 Å². The summed E-state index contributed by atoms with van der Waals surface area (Å²) in [5.41, 5.74) is 1.73. The third-order valence-electron chi connectivity index (χ3n) is 5.59. The number of methoxy groups -OCH3 is 2. The molecule has 0 radical (unpaired) electrons. The van der Waals surface area contributed by atoms with E-state index in [1.165, 1.54) is 14.2 Å². The van der Waals surface area contributed by atoms with Crippen LogP contribution in [0.3, 0.4) is 0 Å². The van der Waals surface area contributed by atoms with Crippen LogP contribution in [-0.4, -0.2) is 54.6 Å². The zero-order valence-corrected chi connectivity index (χ0v) is 21.5. The molecule has 2 aromatic carbocycles. The molecule has 14 heteroatoms. The summed E-state index contributed by atoms with van der Waals surface area (Å²) in [7, 11) is -1.58. The van der Waals surface area contributed by atoms with Gasteiger partial charge >= 0.3 is 5.97 Å². The number of aromatic nitrogens is 3. The summed E-state index contributed by atoms with van der Waals surface area (Å²) >= 11 is 0. The maximum absolute atomic E-state index is 13.1. The molecule has 0 bridgehead atoms. The van der Waals surface area contributed by atoms with Crippen molar-refractivity contribution < 1.29 is 37.1 Å². The number of carbonyl (C=O) groups excluding carboxylic acids is 1. The summed E-state index contributed by atoms with van der Waals surface area (Å²) in [6, 6.07) is 6.80. The lowest BCUT2D eigenvalue weighted by Gasteiger charge is -2.11. The maximum Gasteiger partial charge on any atom is 0.335 e. The molecule has 0 fully saturated rings. The first-order valence-electron chi connectivity index (χ1n) is 11.3. The molecule has 4 aromatic rings. The molecule has 2 aromatic heterocycles. The average Bonchev–Trinajstić information content (AvgIpc) is 3.52. The van der Waals surface area contributed by atoms with Gasteiger partial charge in [-0.05, 0) is 35.9 Å². The molecule has 13 nitrogen and oxygen atoms in total. The standard InChI is InChI=1S/C24H25N5O8S/c1-4-21(30)25-10-15-11-26-29(13-15)12-14-7-18(36-3)22-19(8-14)37-27-23(22)28-38(33,34)20-6-5-16(24(31)32)9-17(20)35-2/h5-9,11,13H,4,10,12H2,1-3H3,(H,25,30)(H,27,28)(H,31,32). The van der Waals surface area contributed by atoms with Crippen molar-refractivity contribution in [2.45, 2.75) is 31.3 Å². The number of ether oxygens (including phenoxy) is 2. The molecule has 0 aliphatic heterocycles. The topological polar surface area (TPSA) is 175 Å². The third-order valence-corrected chi connectivity index (χ3v) is 6.97. The Morgan fingerprint density at radius 2 is 1.87 bits per heavy atom. The number of amides is 1. The van der Waals surface area contributed by atoms with E-state index in [-0.39, 0.29) is 33.5 Å². The van der Waals surface area contributed by atoms with Gasteiger partial charge in [-0.3, -0.25) is 14.2 Å². The second-order valence-corrected chi connectivity index (χ2v) is 9.81. The molecule has 2 heterocycles. The number of anilines is 1. The summed E-state index contributed by atoms with van der Waals surface area (Å²) in [4.78, 5) is 22.4. The fourth-order valence-electron chi connectivity index (χ4n) is 3.71. The van der Waals surface area contributed by atoms with Crippen LogP contribution >= 0.6 is 0 Å². The number of carboxylic acids is 1. The minimum atomic E-state index is -4.24. The van der Waals surface area contributed by atoms with Gasteiger partial charge in [0.1, 0.15) is 21.8 Å². The van der Waals surface area contributed by atoms with E-state index < -0.39 is 16.0 Å². The molecule has 38 heavy (non-hydrogen) atoms. The van der Waals surface area contributed by atoms with Gasteiger partial charge in [0.15, 0.2) is 11.4 Å². The van der Waals surface area contributed by atoms with Crippen LogP contribution in [0.4, 0.5) is 5.82 Å². The van der Waals surface area contributed by atoms with E-state index in [4.69, 9.17) is 14.0 Å². The fourth-order valence-corrected chi connectivity index (χ4v) is 4.87. The minimum Gasteiger partial charge on any atom is -0.496 e. The largest absolute Gasteiger partial charge is 0.496 e. The van der Waals surface area contributed by atoms with Crippen LogP contribution in [0.25, 0.3) is 11.0 Å². The smallest absolute Gasteiger partial charge is 0.335 e. The van der Waals surface area contributed by atoms with Gasteiger partial charge in [0, 0.05) is 24.7 Å². The van der Waals surface area contributed by atoms with Gasteiger partial charge in [-0.15, -0.1) is 0 Å². The normalized spacial score (nSPS) is 11.3. The van der Waals surface area contributed by atoms with Crippen LogP contribution in [0.15, 0.2) is 52.1 Å². The molecule has 0 spiro atoms. The van der Waals surface area contributed by atoms with Crippen LogP contribution in [0.1, 0.15) is 34.8 Å². The average molecular weight is 544 g/mol. The highest BCUT2D eigenvalue weighted by Crippen LogP contribution is 2.36. The van der Waals surface area contributed by atoms with E-state index >= 15 is 0 Å². The van der Waals surface area contributed by atoms with Crippen LogP contribution in [0.2, 0.25) is 0 Å². The molecule has 0 saturated heterocycles. The molecule has 0 atom stereocenters. The van der Waals surface area contributed by atoms with E-state index in [2.05, 4.69) is 20.3 Å². The van der Waals surface area contributed by atoms with Gasteiger partial charge < -0.3 is 24.4 Å². The van der Waals surface area contributed by atoms with Crippen LogP contribution in [0.5, 0.6) is 11.5 Å². The highest BCUT2D eigenvalue weighted by Gasteiger charge is 2.25. The molecule has 3 N–H and O–H groups in total. The fraction of sp³-hybridized carbons (Fsp3) is 0.250. The molecule has 200 valence electrons. The highest BCUT2D eigenvalue weighted by molar-refractivity contribution is 7.92. The Kier molecular flexibility index (Phi) is 7.52. The van der Waals surface area contributed by atoms with Crippen molar-refractivity contribution in [3.63, 3.8) is 0 Å². The number of aromatic carboxylic acids is 1. The van der Waals surface area contributed by atoms with Crippen molar-refractivity contribution in [2.24, 2.45) is 0 Å². The van der Waals surface area contributed by atoms with Gasteiger partial charge in [0.2, 0.25) is 5.91 Å². The van der Waals surface area contributed by atoms with Crippen molar-refractivity contribution >= 4 is 38.7 Å². The number of sulfonamides is 1. The number of carbonyl (C=O) groups is 2. The van der Waals surface area contributed by atoms with E-state index in [9.17, 15) is 23.1 Å². The number of fused-ring (bicyclic) bond motifs is 1. The van der Waals surface area contributed by atoms with Crippen molar-refractivity contribution in [3.05, 3.63) is 59.4 Å². The Morgan fingerprint density at radius 1 is 1.11 bits per heavy atom. The predicted molar refractivity (Wildman–Crippen MR) is 135 cm³/mol. The molecule has 1 amide bonds. The first-order chi connectivity index (χ1) is 18.1. The summed E-state index contributed by atoms with van der Waals surface area (Å²) in [5.74, 6) is -1.22. The lowest BCUT2D eigenvalue weighted by molar-refractivity contribution is -0.120. The molecule has 4 rings (SSSR count). The molecule has 0 aliphatic rings. The summed E-state index contributed by atoms with van der Waals surface area (Å²) in [5, 5.41) is 20.4. The second-order valence-electron chi connectivity index (χ2n) is 8.16. The Bertz CT molecular complexity index is 1610. The monoisotopic (exact) mass is 543 g/mol. The first-order valence-corrected chi connectivity index (χ1v) is 12.8. The van der Waals surface area contributed by atoms with Crippen molar-refractivity contribution in [3.8, 4) is 11.5 Å². The number of carboxylic acid groups (broad SMARTS) is 1. The van der Waals surface area contributed by atoms with Gasteiger partial charge in [-0.1, -0.05) is 12.1 Å².